The lowest BCUT2D eigenvalue weighted by Gasteiger charge is -2.23. The molecule has 31 heavy (non-hydrogen) atoms. The number of nitrogens with one attached hydrogen (secondary N) is 1. The van der Waals surface area contributed by atoms with Crippen LogP contribution in [-0.4, -0.2) is 14.7 Å². The molecular formula is C24H21N5O2. The number of rotatable bonds is 4. The summed E-state index contributed by atoms with van der Waals surface area (Å²) >= 11 is 0. The van der Waals surface area contributed by atoms with Crippen molar-refractivity contribution in [1.29, 1.82) is 5.26 Å². The van der Waals surface area contributed by atoms with Crippen LogP contribution in [0.5, 0.6) is 0 Å². The largest absolute Gasteiger partial charge is 0.339 e. The highest BCUT2D eigenvalue weighted by Gasteiger charge is 2.26. The number of fused-ring (bicyclic) bond motifs is 1. The van der Waals surface area contributed by atoms with Crippen LogP contribution < -0.4 is 5.32 Å². The van der Waals surface area contributed by atoms with Gasteiger partial charge >= 0.3 is 0 Å². The molecule has 0 aliphatic rings. The second-order valence-electron chi connectivity index (χ2n) is 8.26. The number of nitro benzene ring substituents is 1. The van der Waals surface area contributed by atoms with Gasteiger partial charge < -0.3 is 5.32 Å². The van der Waals surface area contributed by atoms with Gasteiger partial charge in [0.25, 0.3) is 5.69 Å². The first-order valence-electron chi connectivity index (χ1n) is 9.82. The van der Waals surface area contributed by atoms with Gasteiger partial charge in [0.1, 0.15) is 23.1 Å². The second kappa shape index (κ2) is 7.58. The highest BCUT2D eigenvalue weighted by atomic mass is 16.6. The number of nitro groups is 1. The van der Waals surface area contributed by atoms with E-state index in [1.54, 1.807) is 16.8 Å². The maximum Gasteiger partial charge on any atom is 0.269 e. The van der Waals surface area contributed by atoms with E-state index in [2.05, 4.69) is 11.4 Å². The molecule has 1 heterocycles. The Labute approximate surface area is 179 Å². The van der Waals surface area contributed by atoms with E-state index in [0.717, 1.165) is 16.5 Å². The number of hydrogen-bond donors (Lipinski definition) is 1. The molecule has 0 spiro atoms. The topological polar surface area (TPSA) is 96.8 Å². The lowest BCUT2D eigenvalue weighted by atomic mass is 10.1. The molecule has 0 atom stereocenters. The Balaban J connectivity index is 1.84. The summed E-state index contributed by atoms with van der Waals surface area (Å²) in [5.74, 6) is 0.582. The van der Waals surface area contributed by atoms with Crippen molar-refractivity contribution in [3.63, 3.8) is 0 Å². The smallest absolute Gasteiger partial charge is 0.269 e. The fourth-order valence-corrected chi connectivity index (χ4v) is 3.47. The van der Waals surface area contributed by atoms with Crippen LogP contribution in [0.25, 0.3) is 22.0 Å². The predicted octanol–water partition coefficient (Wildman–Crippen LogP) is 5.98. The molecule has 0 radical (unpaired) electrons. The minimum absolute atomic E-state index is 0.00739. The van der Waals surface area contributed by atoms with Crippen LogP contribution in [0.15, 0.2) is 66.7 Å². The third-order valence-corrected chi connectivity index (χ3v) is 5.00. The number of nitrogens with zero attached hydrogens (tertiary/aromatic N) is 4. The molecule has 0 aliphatic heterocycles. The molecule has 0 fully saturated rings. The van der Waals surface area contributed by atoms with E-state index in [9.17, 15) is 15.4 Å². The molecule has 0 unspecified atom stereocenters. The molecular weight excluding hydrogens is 390 g/mol. The van der Waals surface area contributed by atoms with E-state index >= 15 is 0 Å². The molecule has 0 bridgehead atoms. The van der Waals surface area contributed by atoms with E-state index in [0.29, 0.717) is 22.6 Å². The van der Waals surface area contributed by atoms with Gasteiger partial charge in [-0.1, -0.05) is 30.3 Å². The van der Waals surface area contributed by atoms with Gasteiger partial charge in [-0.05, 0) is 55.8 Å². The highest BCUT2D eigenvalue weighted by molar-refractivity contribution is 5.87. The Morgan fingerprint density at radius 1 is 1.03 bits per heavy atom. The summed E-state index contributed by atoms with van der Waals surface area (Å²) in [5.41, 5.74) is 1.95. The van der Waals surface area contributed by atoms with E-state index in [1.165, 1.54) is 12.1 Å². The summed E-state index contributed by atoms with van der Waals surface area (Å²) in [7, 11) is 0. The van der Waals surface area contributed by atoms with Crippen molar-refractivity contribution in [2.45, 2.75) is 26.3 Å². The average Bonchev–Trinajstić information content (AvgIpc) is 3.12. The van der Waals surface area contributed by atoms with E-state index in [4.69, 9.17) is 5.10 Å². The molecule has 0 amide bonds. The van der Waals surface area contributed by atoms with E-state index in [1.807, 2.05) is 63.2 Å². The van der Waals surface area contributed by atoms with Crippen molar-refractivity contribution in [3.8, 4) is 17.3 Å². The first-order chi connectivity index (χ1) is 14.8. The normalized spacial score (nSPS) is 11.3. The van der Waals surface area contributed by atoms with Gasteiger partial charge in [0.15, 0.2) is 0 Å². The van der Waals surface area contributed by atoms with Crippen molar-refractivity contribution in [1.82, 2.24) is 9.78 Å². The second-order valence-corrected chi connectivity index (χ2v) is 8.26. The van der Waals surface area contributed by atoms with Gasteiger partial charge in [0.2, 0.25) is 0 Å². The van der Waals surface area contributed by atoms with Crippen LogP contribution in [0.4, 0.5) is 17.2 Å². The number of nitriles is 1. The van der Waals surface area contributed by atoms with Crippen LogP contribution >= 0.6 is 0 Å². The lowest BCUT2D eigenvalue weighted by molar-refractivity contribution is -0.384. The summed E-state index contributed by atoms with van der Waals surface area (Å²) in [4.78, 5) is 10.5. The van der Waals surface area contributed by atoms with Crippen LogP contribution in [0, 0.1) is 21.4 Å². The third kappa shape index (κ3) is 3.83. The zero-order chi connectivity index (χ0) is 22.2. The molecule has 4 aromatic rings. The summed E-state index contributed by atoms with van der Waals surface area (Å²) < 4.78 is 1.79. The minimum Gasteiger partial charge on any atom is -0.339 e. The molecule has 7 nitrogen and oxygen atoms in total. The Hall–Kier alpha value is -4.18. The molecule has 1 N–H and O–H groups in total. The standard InChI is InChI=1S/C24H21N5O2/c1-24(2,3)28-23(26-19-11-8-16-6-4-5-7-18(16)14-19)21(15-25)22(27-28)17-9-12-20(13-10-17)29(30)31/h4-14,26H,1-3H3. The van der Waals surface area contributed by atoms with Gasteiger partial charge in [-0.2, -0.15) is 10.4 Å². The van der Waals surface area contributed by atoms with Crippen LogP contribution in [-0.2, 0) is 5.54 Å². The van der Waals surface area contributed by atoms with Crippen molar-refractivity contribution in [2.75, 3.05) is 5.32 Å². The number of hydrogen-bond acceptors (Lipinski definition) is 5. The molecule has 0 saturated heterocycles. The van der Waals surface area contributed by atoms with Gasteiger partial charge in [0, 0.05) is 23.4 Å². The Bertz CT molecular complexity index is 1330. The molecule has 154 valence electrons. The third-order valence-electron chi connectivity index (χ3n) is 5.00. The lowest BCUT2D eigenvalue weighted by Crippen LogP contribution is -2.24. The van der Waals surface area contributed by atoms with E-state index in [-0.39, 0.29) is 5.69 Å². The van der Waals surface area contributed by atoms with Crippen molar-refractivity contribution >= 4 is 28.0 Å². The monoisotopic (exact) mass is 411 g/mol. The molecule has 3 aromatic carbocycles. The summed E-state index contributed by atoms with van der Waals surface area (Å²) in [6.45, 7) is 6.02. The maximum atomic E-state index is 11.0. The predicted molar refractivity (Wildman–Crippen MR) is 121 cm³/mol. The maximum absolute atomic E-state index is 11.0. The fraction of sp³-hybridized carbons (Fsp3) is 0.167. The highest BCUT2D eigenvalue weighted by Crippen LogP contribution is 2.35. The Kier molecular flexibility index (Phi) is 4.91. The SMILES string of the molecule is CC(C)(C)n1nc(-c2ccc([N+](=O)[O-])cc2)c(C#N)c1Nc1ccc2ccccc2c1. The van der Waals surface area contributed by atoms with Crippen LogP contribution in [0.2, 0.25) is 0 Å². The van der Waals surface area contributed by atoms with Crippen molar-refractivity contribution < 1.29 is 4.92 Å². The van der Waals surface area contributed by atoms with E-state index < -0.39 is 10.5 Å². The van der Waals surface area contributed by atoms with Crippen LogP contribution in [0.3, 0.4) is 0 Å². The Morgan fingerprint density at radius 2 is 1.71 bits per heavy atom. The van der Waals surface area contributed by atoms with Gasteiger partial charge in [-0.25, -0.2) is 4.68 Å². The zero-order valence-corrected chi connectivity index (χ0v) is 17.5. The van der Waals surface area contributed by atoms with Crippen molar-refractivity contribution in [3.05, 3.63) is 82.4 Å². The molecule has 0 aliphatic carbocycles. The molecule has 1 aromatic heterocycles. The quantitative estimate of drug-likeness (QED) is 0.329. The number of non-ortho nitro benzene ring substituents is 1. The number of aromatic nitrogens is 2. The summed E-state index contributed by atoms with van der Waals surface area (Å²) in [5, 5.41) is 31.3. The first-order valence-corrected chi connectivity index (χ1v) is 9.82. The van der Waals surface area contributed by atoms with Gasteiger partial charge in [0.05, 0.1) is 10.5 Å². The van der Waals surface area contributed by atoms with Crippen molar-refractivity contribution in [2.24, 2.45) is 0 Å². The van der Waals surface area contributed by atoms with Gasteiger partial charge in [-0.15, -0.1) is 0 Å². The summed E-state index contributed by atoms with van der Waals surface area (Å²) in [6, 6.07) is 22.4. The molecule has 7 heteroatoms. The summed E-state index contributed by atoms with van der Waals surface area (Å²) in [6.07, 6.45) is 0. The fourth-order valence-electron chi connectivity index (χ4n) is 3.47. The zero-order valence-electron chi connectivity index (χ0n) is 17.5. The minimum atomic E-state index is -0.449. The first kappa shape index (κ1) is 20.1. The van der Waals surface area contributed by atoms with Crippen LogP contribution in [0.1, 0.15) is 26.3 Å². The van der Waals surface area contributed by atoms with Gasteiger partial charge in [-0.3, -0.25) is 10.1 Å². The average molecular weight is 411 g/mol. The molecule has 4 rings (SSSR count). The number of anilines is 2. The molecule has 0 saturated carbocycles. The Morgan fingerprint density at radius 3 is 2.32 bits per heavy atom. The number of benzene rings is 3.